The maximum atomic E-state index is 13.2. The predicted molar refractivity (Wildman–Crippen MR) is 126 cm³/mol. The summed E-state index contributed by atoms with van der Waals surface area (Å²) in [6, 6.07) is 11.5. The first-order chi connectivity index (χ1) is 16.1. The maximum Gasteiger partial charge on any atom is 0.416 e. The minimum atomic E-state index is -4.55. The number of rotatable bonds is 7. The van der Waals surface area contributed by atoms with Crippen molar-refractivity contribution in [3.05, 3.63) is 65.7 Å². The van der Waals surface area contributed by atoms with Gasteiger partial charge in [-0.05, 0) is 69.4 Å². The molecule has 1 aliphatic rings. The molecular weight excluding hydrogens is 481 g/mol. The third-order valence-electron chi connectivity index (χ3n) is 6.57. The summed E-state index contributed by atoms with van der Waals surface area (Å²) in [5, 5.41) is 13.6. The number of halogens is 3. The molecule has 1 atom stereocenters. The third-order valence-corrected chi connectivity index (χ3v) is 8.10. The fraction of sp³-hybridized carbons (Fsp3) is 0.480. The Balaban J connectivity index is 1.64. The van der Waals surface area contributed by atoms with Gasteiger partial charge in [0, 0.05) is 11.5 Å². The summed E-state index contributed by atoms with van der Waals surface area (Å²) in [6.45, 7) is 5.07. The lowest BCUT2D eigenvalue weighted by Crippen LogP contribution is -2.50. The summed E-state index contributed by atoms with van der Waals surface area (Å²) >= 11 is 0. The van der Waals surface area contributed by atoms with Crippen molar-refractivity contribution < 1.29 is 31.5 Å². The molecule has 2 aromatic carbocycles. The predicted octanol–water partition coefficient (Wildman–Crippen LogP) is 4.56. The van der Waals surface area contributed by atoms with Gasteiger partial charge in [-0.1, -0.05) is 37.3 Å². The fourth-order valence-corrected chi connectivity index (χ4v) is 5.63. The molecule has 35 heavy (non-hydrogen) atoms. The lowest BCUT2D eigenvalue weighted by Gasteiger charge is -2.39. The van der Waals surface area contributed by atoms with Crippen molar-refractivity contribution >= 4 is 15.9 Å². The van der Waals surface area contributed by atoms with E-state index in [1.807, 2.05) is 37.3 Å². The maximum absolute atomic E-state index is 13.2. The second-order valence-corrected chi connectivity index (χ2v) is 11.7. The first-order valence-electron chi connectivity index (χ1n) is 11.4. The largest absolute Gasteiger partial charge is 0.416 e. The molecule has 1 amide bonds. The SMILES string of the molecule is CC1(C(=O)NC(c2ccccc2)C(C)(C)O)CCC(NS(=O)(=O)c2ccc(C(F)(F)F)cc2)CC1. The van der Waals surface area contributed by atoms with E-state index in [0.717, 1.165) is 29.8 Å². The van der Waals surface area contributed by atoms with Crippen LogP contribution in [0, 0.1) is 5.41 Å². The molecule has 2 aromatic rings. The minimum Gasteiger partial charge on any atom is -0.388 e. The van der Waals surface area contributed by atoms with Crippen molar-refractivity contribution in [2.75, 3.05) is 0 Å². The van der Waals surface area contributed by atoms with Crippen LogP contribution in [-0.2, 0) is 21.0 Å². The Morgan fingerprint density at radius 2 is 1.57 bits per heavy atom. The molecule has 0 radical (unpaired) electrons. The molecule has 3 N–H and O–H groups in total. The van der Waals surface area contributed by atoms with Crippen LogP contribution in [0.3, 0.4) is 0 Å². The van der Waals surface area contributed by atoms with Crippen LogP contribution in [0.4, 0.5) is 13.2 Å². The second-order valence-electron chi connectivity index (χ2n) is 9.95. The molecule has 0 heterocycles. The number of nitrogens with one attached hydrogen (secondary N) is 2. The molecule has 1 fully saturated rings. The van der Waals surface area contributed by atoms with E-state index < -0.39 is 44.9 Å². The highest BCUT2D eigenvalue weighted by molar-refractivity contribution is 7.89. The van der Waals surface area contributed by atoms with Crippen LogP contribution in [0.25, 0.3) is 0 Å². The highest BCUT2D eigenvalue weighted by atomic mass is 32.2. The topological polar surface area (TPSA) is 95.5 Å². The molecule has 3 rings (SSSR count). The Bertz CT molecular complexity index is 1120. The lowest BCUT2D eigenvalue weighted by molar-refractivity contribution is -0.137. The third kappa shape index (κ3) is 6.62. The van der Waals surface area contributed by atoms with E-state index in [2.05, 4.69) is 10.0 Å². The molecule has 0 bridgehead atoms. The molecule has 0 spiro atoms. The summed E-state index contributed by atoms with van der Waals surface area (Å²) in [6.07, 6.45) is -2.95. The molecule has 1 unspecified atom stereocenters. The molecule has 0 aliphatic heterocycles. The number of sulfonamides is 1. The van der Waals surface area contributed by atoms with E-state index in [1.165, 1.54) is 0 Å². The van der Waals surface area contributed by atoms with Crippen LogP contribution in [0.1, 0.15) is 63.6 Å². The van der Waals surface area contributed by atoms with Crippen LogP contribution >= 0.6 is 0 Å². The first-order valence-corrected chi connectivity index (χ1v) is 12.9. The Morgan fingerprint density at radius 3 is 2.06 bits per heavy atom. The van der Waals surface area contributed by atoms with Gasteiger partial charge in [-0.15, -0.1) is 0 Å². The van der Waals surface area contributed by atoms with E-state index in [9.17, 15) is 31.5 Å². The average molecular weight is 513 g/mol. The highest BCUT2D eigenvalue weighted by Gasteiger charge is 2.41. The zero-order valence-electron chi connectivity index (χ0n) is 19.9. The monoisotopic (exact) mass is 512 g/mol. The van der Waals surface area contributed by atoms with Crippen molar-refractivity contribution in [3.63, 3.8) is 0 Å². The first kappa shape index (κ1) is 27.2. The van der Waals surface area contributed by atoms with Gasteiger partial charge < -0.3 is 10.4 Å². The quantitative estimate of drug-likeness (QED) is 0.507. The molecule has 0 saturated heterocycles. The van der Waals surface area contributed by atoms with E-state index in [0.29, 0.717) is 25.7 Å². The molecule has 0 aromatic heterocycles. The van der Waals surface area contributed by atoms with Crippen molar-refractivity contribution in [2.24, 2.45) is 5.41 Å². The fourth-order valence-electron chi connectivity index (χ4n) is 4.33. The normalized spacial score (nSPS) is 22.4. The summed E-state index contributed by atoms with van der Waals surface area (Å²) in [5.74, 6) is -0.225. The van der Waals surface area contributed by atoms with Gasteiger partial charge in [-0.2, -0.15) is 13.2 Å². The summed E-state index contributed by atoms with van der Waals surface area (Å²) in [5.41, 5.74) is -2.11. The Labute approximate surface area is 204 Å². The highest BCUT2D eigenvalue weighted by Crippen LogP contribution is 2.38. The van der Waals surface area contributed by atoms with E-state index >= 15 is 0 Å². The Hall–Kier alpha value is -2.43. The number of hydrogen-bond acceptors (Lipinski definition) is 4. The molecular formula is C25H31F3N2O4S. The van der Waals surface area contributed by atoms with Crippen LogP contribution < -0.4 is 10.0 Å². The molecule has 1 aliphatic carbocycles. The zero-order chi connectivity index (χ0) is 26.1. The Kier molecular flexibility index (Phi) is 7.69. The van der Waals surface area contributed by atoms with E-state index in [4.69, 9.17) is 0 Å². The number of aliphatic hydroxyl groups is 1. The average Bonchev–Trinajstić information content (AvgIpc) is 2.78. The van der Waals surface area contributed by atoms with Crippen molar-refractivity contribution in [1.82, 2.24) is 10.0 Å². The van der Waals surface area contributed by atoms with E-state index in [1.54, 1.807) is 13.8 Å². The number of amides is 1. The van der Waals surface area contributed by atoms with Crippen LogP contribution in [0.5, 0.6) is 0 Å². The number of carbonyl (C=O) groups is 1. The van der Waals surface area contributed by atoms with Crippen molar-refractivity contribution in [3.8, 4) is 0 Å². The van der Waals surface area contributed by atoms with Crippen LogP contribution in [0.2, 0.25) is 0 Å². The van der Waals surface area contributed by atoms with Crippen molar-refractivity contribution in [1.29, 1.82) is 0 Å². The van der Waals surface area contributed by atoms with Gasteiger partial charge in [0.2, 0.25) is 15.9 Å². The van der Waals surface area contributed by atoms with Gasteiger partial charge in [0.25, 0.3) is 0 Å². The number of hydrogen-bond donors (Lipinski definition) is 3. The molecule has 10 heteroatoms. The van der Waals surface area contributed by atoms with Gasteiger partial charge in [-0.25, -0.2) is 13.1 Å². The van der Waals surface area contributed by atoms with Gasteiger partial charge >= 0.3 is 6.18 Å². The molecule has 192 valence electrons. The summed E-state index contributed by atoms with van der Waals surface area (Å²) < 4.78 is 66.2. The minimum absolute atomic E-state index is 0.225. The molecule has 6 nitrogen and oxygen atoms in total. The molecule has 1 saturated carbocycles. The number of carbonyl (C=O) groups excluding carboxylic acids is 1. The van der Waals surface area contributed by atoms with Gasteiger partial charge in [-0.3, -0.25) is 4.79 Å². The zero-order valence-corrected chi connectivity index (χ0v) is 20.7. The number of alkyl halides is 3. The van der Waals surface area contributed by atoms with Crippen LogP contribution in [0.15, 0.2) is 59.5 Å². The smallest absolute Gasteiger partial charge is 0.388 e. The van der Waals surface area contributed by atoms with Crippen molar-refractivity contribution in [2.45, 2.75) is 75.2 Å². The second kappa shape index (κ2) is 9.91. The summed E-state index contributed by atoms with van der Waals surface area (Å²) in [7, 11) is -4.01. The van der Waals surface area contributed by atoms with Crippen LogP contribution in [-0.4, -0.2) is 31.1 Å². The standard InChI is InChI=1S/C25H31F3N2O4S/c1-23(2,32)21(17-7-5-4-6-8-17)29-22(31)24(3)15-13-19(14-16-24)30-35(33,34)20-11-9-18(10-12-20)25(26,27)28/h4-12,19,21,30,32H,13-16H2,1-3H3,(H,29,31). The lowest BCUT2D eigenvalue weighted by atomic mass is 9.73. The van der Waals surface area contributed by atoms with Gasteiger partial charge in [0.15, 0.2) is 0 Å². The van der Waals surface area contributed by atoms with E-state index in [-0.39, 0.29) is 10.8 Å². The Morgan fingerprint density at radius 1 is 1.03 bits per heavy atom. The van der Waals surface area contributed by atoms with Gasteiger partial charge in [0.1, 0.15) is 0 Å². The van der Waals surface area contributed by atoms with Gasteiger partial charge in [0.05, 0.1) is 22.1 Å². The number of benzene rings is 2. The summed E-state index contributed by atoms with van der Waals surface area (Å²) in [4.78, 5) is 13.0.